The molecule has 0 bridgehead atoms. The zero-order valence-corrected chi connectivity index (χ0v) is 10.3. The lowest BCUT2D eigenvalue weighted by molar-refractivity contribution is 0.565. The molecule has 2 heteroatoms. The summed E-state index contributed by atoms with van der Waals surface area (Å²) in [4.78, 5) is 0. The fraction of sp³-hybridized carbons (Fsp3) is 0.385. The first kappa shape index (κ1) is 12.3. The highest BCUT2D eigenvalue weighted by Crippen LogP contribution is 2.33. The molecule has 0 aliphatic rings. The van der Waals surface area contributed by atoms with Crippen molar-refractivity contribution in [3.05, 3.63) is 40.9 Å². The van der Waals surface area contributed by atoms with Crippen LogP contribution in [-0.2, 0) is 0 Å². The van der Waals surface area contributed by atoms with E-state index < -0.39 is 0 Å². The molecule has 0 fully saturated rings. The quantitative estimate of drug-likeness (QED) is 0.813. The lowest BCUT2D eigenvalue weighted by Crippen LogP contribution is -2.10. The minimum absolute atomic E-state index is 0.104. The maximum Gasteiger partial charge on any atom is 0.0406 e. The molecule has 82 valence electrons. The molecule has 2 N–H and O–H groups in total. The number of benzene rings is 1. The average molecular weight is 224 g/mol. The topological polar surface area (TPSA) is 26.0 Å². The zero-order chi connectivity index (χ0) is 11.5. The first-order valence-electron chi connectivity index (χ1n) is 5.12. The summed E-state index contributed by atoms with van der Waals surface area (Å²) in [5.41, 5.74) is 8.15. The highest BCUT2D eigenvalue weighted by molar-refractivity contribution is 6.30. The van der Waals surface area contributed by atoms with Crippen molar-refractivity contribution >= 4 is 17.2 Å². The molecular formula is C13H18ClN. The normalized spacial score (nSPS) is 13.0. The van der Waals surface area contributed by atoms with Crippen LogP contribution in [0.3, 0.4) is 0 Å². The van der Waals surface area contributed by atoms with Crippen LogP contribution in [0.1, 0.15) is 26.3 Å². The number of allylic oxidation sites excluding steroid dienone is 1. The molecule has 15 heavy (non-hydrogen) atoms. The van der Waals surface area contributed by atoms with E-state index in [2.05, 4.69) is 26.8 Å². The van der Waals surface area contributed by atoms with Crippen molar-refractivity contribution in [1.29, 1.82) is 0 Å². The van der Waals surface area contributed by atoms with Crippen LogP contribution >= 0.6 is 11.6 Å². The maximum absolute atomic E-state index is 5.86. The molecule has 0 saturated heterocycles. The van der Waals surface area contributed by atoms with Crippen molar-refractivity contribution in [3.63, 3.8) is 0 Å². The van der Waals surface area contributed by atoms with Crippen molar-refractivity contribution in [2.45, 2.75) is 20.8 Å². The Kier molecular flexibility index (Phi) is 3.95. The molecule has 0 aliphatic carbocycles. The largest absolute Gasteiger partial charge is 0.327 e. The highest BCUT2D eigenvalue weighted by Gasteiger charge is 2.17. The summed E-state index contributed by atoms with van der Waals surface area (Å²) in [7, 11) is 0. The summed E-state index contributed by atoms with van der Waals surface area (Å²) in [6.45, 7) is 7.12. The third-order valence-corrected chi connectivity index (χ3v) is 2.54. The average Bonchev–Trinajstić information content (AvgIpc) is 2.14. The second-order valence-corrected chi connectivity index (χ2v) is 5.05. The molecule has 1 aromatic rings. The summed E-state index contributed by atoms with van der Waals surface area (Å²) < 4.78 is 0. The van der Waals surface area contributed by atoms with Gasteiger partial charge in [-0.05, 0) is 28.7 Å². The first-order valence-corrected chi connectivity index (χ1v) is 5.49. The van der Waals surface area contributed by atoms with E-state index in [9.17, 15) is 0 Å². The van der Waals surface area contributed by atoms with Crippen LogP contribution in [0.2, 0.25) is 5.02 Å². The van der Waals surface area contributed by atoms with Crippen molar-refractivity contribution in [1.82, 2.24) is 0 Å². The SMILES string of the molecule is CC(C)(C)/C(=C/CN)c1ccc(Cl)cc1. The number of halogens is 1. The molecule has 0 unspecified atom stereocenters. The fourth-order valence-corrected chi connectivity index (χ4v) is 1.73. The third kappa shape index (κ3) is 3.37. The Hall–Kier alpha value is -0.790. The van der Waals surface area contributed by atoms with E-state index in [1.54, 1.807) is 0 Å². The fourth-order valence-electron chi connectivity index (χ4n) is 1.60. The second kappa shape index (κ2) is 4.82. The van der Waals surface area contributed by atoms with Gasteiger partial charge >= 0.3 is 0 Å². The summed E-state index contributed by atoms with van der Waals surface area (Å²) in [6, 6.07) is 7.89. The highest BCUT2D eigenvalue weighted by atomic mass is 35.5. The van der Waals surface area contributed by atoms with E-state index in [-0.39, 0.29) is 5.41 Å². The molecule has 0 heterocycles. The maximum atomic E-state index is 5.86. The number of nitrogens with two attached hydrogens (primary N) is 1. The minimum atomic E-state index is 0.104. The predicted octanol–water partition coefficient (Wildman–Crippen LogP) is 3.73. The van der Waals surface area contributed by atoms with Gasteiger partial charge in [0, 0.05) is 11.6 Å². The van der Waals surface area contributed by atoms with E-state index in [0.29, 0.717) is 6.54 Å². The minimum Gasteiger partial charge on any atom is -0.327 e. The predicted molar refractivity (Wildman–Crippen MR) is 67.9 cm³/mol. The van der Waals surface area contributed by atoms with Gasteiger partial charge in [-0.1, -0.05) is 50.6 Å². The van der Waals surface area contributed by atoms with Crippen LogP contribution in [-0.4, -0.2) is 6.54 Å². The van der Waals surface area contributed by atoms with Crippen LogP contribution < -0.4 is 5.73 Å². The van der Waals surface area contributed by atoms with Crippen LogP contribution in [0.25, 0.3) is 5.57 Å². The summed E-state index contributed by atoms with van der Waals surface area (Å²) in [6.07, 6.45) is 2.07. The zero-order valence-electron chi connectivity index (χ0n) is 9.55. The molecular weight excluding hydrogens is 206 g/mol. The smallest absolute Gasteiger partial charge is 0.0406 e. The summed E-state index contributed by atoms with van der Waals surface area (Å²) in [5.74, 6) is 0. The molecule has 0 spiro atoms. The lowest BCUT2D eigenvalue weighted by atomic mass is 9.82. The molecule has 0 radical (unpaired) electrons. The van der Waals surface area contributed by atoms with Gasteiger partial charge in [0.05, 0.1) is 0 Å². The van der Waals surface area contributed by atoms with E-state index in [0.717, 1.165) is 5.02 Å². The summed E-state index contributed by atoms with van der Waals surface area (Å²) in [5, 5.41) is 0.764. The van der Waals surface area contributed by atoms with Gasteiger partial charge < -0.3 is 5.73 Å². The molecule has 0 aromatic heterocycles. The van der Waals surface area contributed by atoms with Crippen molar-refractivity contribution in [3.8, 4) is 0 Å². The van der Waals surface area contributed by atoms with Crippen LogP contribution in [0.15, 0.2) is 30.3 Å². The van der Waals surface area contributed by atoms with Gasteiger partial charge in [0.15, 0.2) is 0 Å². The number of hydrogen-bond donors (Lipinski definition) is 1. The van der Waals surface area contributed by atoms with Gasteiger partial charge in [-0.3, -0.25) is 0 Å². The number of rotatable bonds is 2. The molecule has 0 atom stereocenters. The van der Waals surface area contributed by atoms with E-state index in [4.69, 9.17) is 17.3 Å². The molecule has 0 aliphatic heterocycles. The van der Waals surface area contributed by atoms with Crippen LogP contribution in [0.4, 0.5) is 0 Å². The molecule has 0 saturated carbocycles. The molecule has 1 aromatic carbocycles. The van der Waals surface area contributed by atoms with Gasteiger partial charge in [0.25, 0.3) is 0 Å². The third-order valence-electron chi connectivity index (χ3n) is 2.29. The van der Waals surface area contributed by atoms with E-state index in [1.165, 1.54) is 11.1 Å². The van der Waals surface area contributed by atoms with Crippen molar-refractivity contribution < 1.29 is 0 Å². The number of hydrogen-bond acceptors (Lipinski definition) is 1. The van der Waals surface area contributed by atoms with Crippen LogP contribution in [0.5, 0.6) is 0 Å². The van der Waals surface area contributed by atoms with Gasteiger partial charge in [-0.2, -0.15) is 0 Å². The Morgan fingerprint density at radius 1 is 1.27 bits per heavy atom. The molecule has 0 amide bonds. The van der Waals surface area contributed by atoms with Gasteiger partial charge in [-0.25, -0.2) is 0 Å². The van der Waals surface area contributed by atoms with Gasteiger partial charge in [0.1, 0.15) is 0 Å². The van der Waals surface area contributed by atoms with Crippen molar-refractivity contribution in [2.24, 2.45) is 11.1 Å². The Morgan fingerprint density at radius 2 is 1.80 bits per heavy atom. The Morgan fingerprint density at radius 3 is 2.20 bits per heavy atom. The second-order valence-electron chi connectivity index (χ2n) is 4.61. The van der Waals surface area contributed by atoms with Crippen LogP contribution in [0, 0.1) is 5.41 Å². The lowest BCUT2D eigenvalue weighted by Gasteiger charge is -2.23. The Labute approximate surface area is 96.9 Å². The standard InChI is InChI=1S/C13H18ClN/c1-13(2,3)12(8-9-15)10-4-6-11(14)7-5-10/h4-8H,9,15H2,1-3H3/b12-8+. The van der Waals surface area contributed by atoms with Gasteiger partial charge in [0.2, 0.25) is 0 Å². The van der Waals surface area contributed by atoms with E-state index >= 15 is 0 Å². The van der Waals surface area contributed by atoms with Gasteiger partial charge in [-0.15, -0.1) is 0 Å². The summed E-state index contributed by atoms with van der Waals surface area (Å²) >= 11 is 5.86. The molecule has 1 nitrogen and oxygen atoms in total. The monoisotopic (exact) mass is 223 g/mol. The molecule has 1 rings (SSSR count). The first-order chi connectivity index (χ1) is 6.95. The van der Waals surface area contributed by atoms with E-state index in [1.807, 2.05) is 24.3 Å². The Bertz CT molecular complexity index is 344. The Balaban J connectivity index is 3.11. The van der Waals surface area contributed by atoms with Crippen molar-refractivity contribution in [2.75, 3.05) is 6.54 Å².